The quantitative estimate of drug-likeness (QED) is 0.235. The summed E-state index contributed by atoms with van der Waals surface area (Å²) in [5, 5.41) is 5.07. The fraction of sp³-hybridized carbons (Fsp3) is 0.143. The van der Waals surface area contributed by atoms with E-state index in [9.17, 15) is 13.2 Å². The van der Waals surface area contributed by atoms with E-state index in [2.05, 4.69) is 35.1 Å². The van der Waals surface area contributed by atoms with Gasteiger partial charge in [0.2, 0.25) is 16.6 Å². The Hall–Kier alpha value is -3.10. The fourth-order valence-electron chi connectivity index (χ4n) is 3.03. The van der Waals surface area contributed by atoms with Gasteiger partial charge in [0, 0.05) is 26.0 Å². The van der Waals surface area contributed by atoms with Crippen LogP contribution in [0.1, 0.15) is 11.4 Å². The van der Waals surface area contributed by atoms with Gasteiger partial charge in [0.15, 0.2) is 11.4 Å². The number of carbonyl (C=O) groups is 1. The molecule has 4 N–H and O–H groups in total. The summed E-state index contributed by atoms with van der Waals surface area (Å²) in [6, 6.07) is 20.0. The van der Waals surface area contributed by atoms with Gasteiger partial charge in [-0.1, -0.05) is 30.3 Å². The molecule has 3 aromatic rings. The number of halogens is 1. The number of nitrogens with zero attached hydrogens (tertiary/aromatic N) is 1. The predicted octanol–water partition coefficient (Wildman–Crippen LogP) is -2.71. The highest BCUT2D eigenvalue weighted by Gasteiger charge is 2.17. The highest BCUT2D eigenvalue weighted by Crippen LogP contribution is 2.19. The molecule has 2 aromatic carbocycles. The highest BCUT2D eigenvalue weighted by molar-refractivity contribution is 7.89. The Labute approximate surface area is 198 Å². The number of nitrogens with one attached hydrogen (secondary N) is 2. The minimum atomic E-state index is -4.94. The zero-order valence-electron chi connectivity index (χ0n) is 18.2. The first kappa shape index (κ1) is 27.1. The SMILES string of the molecule is Cc1cc(-c2ccccc2)cc(C)[n+]1CC(=O)NNc1ccc(S(N)(=O)=O)cc1.[O-][Cl+3]([O-])([O-])[O-]. The molecule has 13 heteroatoms. The Morgan fingerprint density at radius 2 is 1.41 bits per heavy atom. The van der Waals surface area contributed by atoms with E-state index in [1.807, 2.05) is 36.6 Å². The molecule has 0 unspecified atom stereocenters. The average Bonchev–Trinajstić information content (AvgIpc) is 2.74. The van der Waals surface area contributed by atoms with Crippen molar-refractivity contribution in [2.24, 2.45) is 5.14 Å². The Kier molecular flexibility index (Phi) is 9.06. The molecule has 0 atom stereocenters. The van der Waals surface area contributed by atoms with E-state index in [0.29, 0.717) is 5.69 Å². The van der Waals surface area contributed by atoms with E-state index >= 15 is 0 Å². The molecular formula is C21H23ClN4O7S. The molecule has 0 fully saturated rings. The van der Waals surface area contributed by atoms with E-state index < -0.39 is 20.3 Å². The number of nitrogens with two attached hydrogens (primary N) is 1. The normalized spacial score (nSPS) is 11.3. The standard InChI is InChI=1S/C21H22N4O3S.ClHO4/c1-15-12-18(17-6-4-3-5-7-17)13-16(2)25(15)14-21(26)24-23-19-8-10-20(11-9-19)29(22,27)28;2-1(3,4)5/h3-13,23H,14H2,1-2H3,(H2-,22,24,26,27,28);(H,2,3,4,5). The van der Waals surface area contributed by atoms with Gasteiger partial charge in [0.25, 0.3) is 0 Å². The zero-order valence-corrected chi connectivity index (χ0v) is 19.8. The molecule has 0 aliphatic rings. The number of carbonyl (C=O) groups excluding carboxylic acids is 1. The van der Waals surface area contributed by atoms with Crippen LogP contribution in [0.5, 0.6) is 0 Å². The molecule has 0 saturated heterocycles. The Morgan fingerprint density at radius 3 is 1.88 bits per heavy atom. The topological polar surface area (TPSA) is 197 Å². The summed E-state index contributed by atoms with van der Waals surface area (Å²) in [4.78, 5) is 12.4. The monoisotopic (exact) mass is 510 g/mol. The number of pyridine rings is 1. The van der Waals surface area contributed by atoms with Gasteiger partial charge in [-0.3, -0.25) is 15.6 Å². The minimum absolute atomic E-state index is 0.00897. The number of amides is 1. The minimum Gasteiger partial charge on any atom is -0.298 e. The first-order chi connectivity index (χ1) is 15.7. The lowest BCUT2D eigenvalue weighted by molar-refractivity contribution is -2.00. The van der Waals surface area contributed by atoms with Gasteiger partial charge >= 0.3 is 5.91 Å². The molecule has 0 saturated carbocycles. The molecular weight excluding hydrogens is 488 g/mol. The number of primary sulfonamides is 1. The van der Waals surface area contributed by atoms with Crippen LogP contribution < -0.4 is 39.2 Å². The number of anilines is 1. The van der Waals surface area contributed by atoms with Crippen LogP contribution in [0.25, 0.3) is 11.1 Å². The van der Waals surface area contributed by atoms with Crippen LogP contribution in [-0.4, -0.2) is 14.3 Å². The van der Waals surface area contributed by atoms with Crippen molar-refractivity contribution in [2.45, 2.75) is 25.3 Å². The summed E-state index contributed by atoms with van der Waals surface area (Å²) in [5.74, 6) is -0.232. The number of benzene rings is 2. The number of sulfonamides is 1. The maximum absolute atomic E-state index is 12.4. The number of hydrazine groups is 1. The van der Waals surface area contributed by atoms with E-state index in [1.165, 1.54) is 24.3 Å². The molecule has 0 spiro atoms. The van der Waals surface area contributed by atoms with Crippen LogP contribution >= 0.6 is 0 Å². The Balaban J connectivity index is 0.000000739. The molecule has 0 aliphatic heterocycles. The van der Waals surface area contributed by atoms with Crippen molar-refractivity contribution in [3.63, 3.8) is 0 Å². The van der Waals surface area contributed by atoms with Crippen molar-refractivity contribution in [1.82, 2.24) is 5.43 Å². The van der Waals surface area contributed by atoms with Gasteiger partial charge in [-0.05, 0) is 35.4 Å². The second-order valence-corrected chi connectivity index (χ2v) is 9.42. The van der Waals surface area contributed by atoms with Gasteiger partial charge in [-0.15, -0.1) is 10.2 Å². The van der Waals surface area contributed by atoms with Crippen molar-refractivity contribution in [1.29, 1.82) is 0 Å². The third-order valence-corrected chi connectivity index (χ3v) is 5.45. The molecule has 0 aliphatic carbocycles. The van der Waals surface area contributed by atoms with Gasteiger partial charge in [0.05, 0.1) is 10.6 Å². The second kappa shape index (κ2) is 11.4. The second-order valence-electron chi connectivity index (χ2n) is 7.10. The fourth-order valence-corrected chi connectivity index (χ4v) is 3.54. The zero-order chi connectivity index (χ0) is 25.5. The van der Waals surface area contributed by atoms with Crippen LogP contribution in [0.2, 0.25) is 0 Å². The molecule has 1 heterocycles. The lowest BCUT2D eigenvalue weighted by Crippen LogP contribution is -2.68. The summed E-state index contributed by atoms with van der Waals surface area (Å²) in [7, 11) is -8.69. The Morgan fingerprint density at radius 1 is 0.912 bits per heavy atom. The molecule has 0 radical (unpaired) electrons. The Bertz CT molecular complexity index is 1200. The maximum atomic E-state index is 12.4. The van der Waals surface area contributed by atoms with E-state index in [1.54, 1.807) is 0 Å². The summed E-state index contributed by atoms with van der Waals surface area (Å²) in [5.41, 5.74) is 10.1. The third-order valence-electron chi connectivity index (χ3n) is 4.52. The van der Waals surface area contributed by atoms with Crippen LogP contribution in [-0.2, 0) is 21.4 Å². The van der Waals surface area contributed by atoms with Crippen molar-refractivity contribution in [3.05, 3.63) is 78.1 Å². The summed E-state index contributed by atoms with van der Waals surface area (Å²) >= 11 is 0. The van der Waals surface area contributed by atoms with E-state index in [-0.39, 0.29) is 17.3 Å². The molecule has 11 nitrogen and oxygen atoms in total. The first-order valence-electron chi connectivity index (χ1n) is 9.60. The highest BCUT2D eigenvalue weighted by atomic mass is 35.7. The lowest BCUT2D eigenvalue weighted by Gasteiger charge is -2.17. The molecule has 3 rings (SSSR count). The number of hydrogen-bond acceptors (Lipinski definition) is 8. The van der Waals surface area contributed by atoms with Crippen molar-refractivity contribution in [3.8, 4) is 11.1 Å². The van der Waals surface area contributed by atoms with Gasteiger partial charge in [-0.2, -0.15) is 4.57 Å². The van der Waals surface area contributed by atoms with Crippen molar-refractivity contribution < 1.29 is 46.7 Å². The van der Waals surface area contributed by atoms with Crippen molar-refractivity contribution >= 4 is 21.6 Å². The third kappa shape index (κ3) is 9.03. The number of rotatable bonds is 6. The van der Waals surface area contributed by atoms with Crippen LogP contribution in [0, 0.1) is 24.1 Å². The molecule has 182 valence electrons. The molecule has 1 amide bonds. The van der Waals surface area contributed by atoms with Crippen LogP contribution in [0.15, 0.2) is 71.6 Å². The number of aryl methyl sites for hydroxylation is 2. The van der Waals surface area contributed by atoms with Crippen molar-refractivity contribution in [2.75, 3.05) is 5.43 Å². The van der Waals surface area contributed by atoms with E-state index in [0.717, 1.165) is 22.5 Å². The van der Waals surface area contributed by atoms with Gasteiger partial charge in [-0.25, -0.2) is 32.2 Å². The summed E-state index contributed by atoms with van der Waals surface area (Å²) < 4.78 is 58.4. The van der Waals surface area contributed by atoms with Gasteiger partial charge < -0.3 is 0 Å². The lowest BCUT2D eigenvalue weighted by atomic mass is 10.0. The predicted molar refractivity (Wildman–Crippen MR) is 111 cm³/mol. The smallest absolute Gasteiger partial charge is 0.298 e. The largest absolute Gasteiger partial charge is 0.304 e. The molecule has 1 aromatic heterocycles. The molecule has 0 bridgehead atoms. The number of aromatic nitrogens is 1. The molecule has 34 heavy (non-hydrogen) atoms. The van der Waals surface area contributed by atoms with Crippen LogP contribution in [0.3, 0.4) is 0 Å². The first-order valence-corrected chi connectivity index (χ1v) is 12.4. The summed E-state index contributed by atoms with van der Waals surface area (Å²) in [6.07, 6.45) is 0. The maximum Gasteiger partial charge on any atom is 0.304 e. The number of hydrogen-bond donors (Lipinski definition) is 3. The average molecular weight is 511 g/mol. The van der Waals surface area contributed by atoms with E-state index in [4.69, 9.17) is 23.8 Å². The van der Waals surface area contributed by atoms with Gasteiger partial charge in [0.1, 0.15) is 0 Å². The summed E-state index contributed by atoms with van der Waals surface area (Å²) in [6.45, 7) is 4.08. The van der Waals surface area contributed by atoms with Crippen LogP contribution in [0.4, 0.5) is 5.69 Å².